The lowest BCUT2D eigenvalue weighted by molar-refractivity contribution is -0.385. The summed E-state index contributed by atoms with van der Waals surface area (Å²) < 4.78 is 0. The number of aryl methyl sites for hydroxylation is 1. The average Bonchev–Trinajstić information content (AvgIpc) is 2.24. The van der Waals surface area contributed by atoms with Crippen LogP contribution in [0.5, 0.6) is 0 Å². The second kappa shape index (κ2) is 6.51. The van der Waals surface area contributed by atoms with Crippen LogP contribution in [0.2, 0.25) is 0 Å². The Hall–Kier alpha value is -2.18. The largest absolute Gasteiger partial charge is 0.481 e. The number of hydrogen-bond acceptors (Lipinski definition) is 5. The van der Waals surface area contributed by atoms with Crippen LogP contribution in [0.3, 0.4) is 0 Å². The van der Waals surface area contributed by atoms with Gasteiger partial charge in [-0.1, -0.05) is 20.8 Å². The fourth-order valence-electron chi connectivity index (χ4n) is 2.15. The van der Waals surface area contributed by atoms with Gasteiger partial charge in [0.15, 0.2) is 0 Å². The molecule has 0 aromatic carbocycles. The minimum atomic E-state index is -0.893. The summed E-state index contributed by atoms with van der Waals surface area (Å²) in [6.07, 6.45) is 1.80. The van der Waals surface area contributed by atoms with Crippen molar-refractivity contribution in [3.05, 3.63) is 27.9 Å². The minimum Gasteiger partial charge on any atom is -0.481 e. The summed E-state index contributed by atoms with van der Waals surface area (Å²) >= 11 is 0. The van der Waals surface area contributed by atoms with E-state index in [2.05, 4.69) is 10.3 Å². The molecule has 1 aromatic rings. The highest BCUT2D eigenvalue weighted by Crippen LogP contribution is 2.25. The lowest BCUT2D eigenvalue weighted by Gasteiger charge is -2.26. The number of carbonyl (C=O) groups is 1. The van der Waals surface area contributed by atoms with Gasteiger partial charge in [-0.25, -0.2) is 4.98 Å². The number of hydrogen-bond donors (Lipinski definition) is 2. The second-order valence-electron chi connectivity index (χ2n) is 6.32. The highest BCUT2D eigenvalue weighted by atomic mass is 16.6. The maximum Gasteiger partial charge on any atom is 0.305 e. The highest BCUT2D eigenvalue weighted by Gasteiger charge is 2.22. The number of carboxylic acids is 1. The molecule has 1 atom stereocenters. The van der Waals surface area contributed by atoms with Crippen LogP contribution in [-0.2, 0) is 4.79 Å². The molecule has 21 heavy (non-hydrogen) atoms. The molecule has 0 saturated heterocycles. The molecule has 1 aromatic heterocycles. The van der Waals surface area contributed by atoms with Gasteiger partial charge >= 0.3 is 5.97 Å². The zero-order valence-corrected chi connectivity index (χ0v) is 12.7. The van der Waals surface area contributed by atoms with Crippen molar-refractivity contribution in [2.45, 2.75) is 46.6 Å². The highest BCUT2D eigenvalue weighted by molar-refractivity contribution is 5.68. The number of aromatic nitrogens is 1. The molecule has 116 valence electrons. The molecular weight excluding hydrogens is 274 g/mol. The monoisotopic (exact) mass is 295 g/mol. The van der Waals surface area contributed by atoms with Crippen molar-refractivity contribution in [2.24, 2.45) is 5.41 Å². The van der Waals surface area contributed by atoms with Crippen molar-refractivity contribution in [3.63, 3.8) is 0 Å². The molecule has 0 aliphatic carbocycles. The molecule has 0 spiro atoms. The molecule has 0 bridgehead atoms. The zero-order valence-electron chi connectivity index (χ0n) is 12.7. The van der Waals surface area contributed by atoms with E-state index in [9.17, 15) is 14.9 Å². The van der Waals surface area contributed by atoms with Gasteiger partial charge in [0.05, 0.1) is 11.3 Å². The van der Waals surface area contributed by atoms with Crippen molar-refractivity contribution in [2.75, 3.05) is 5.32 Å². The molecule has 1 unspecified atom stereocenters. The van der Waals surface area contributed by atoms with E-state index < -0.39 is 10.9 Å². The van der Waals surface area contributed by atoms with Gasteiger partial charge in [-0.2, -0.15) is 0 Å². The third kappa shape index (κ3) is 5.76. The van der Waals surface area contributed by atoms with Crippen LogP contribution in [0.25, 0.3) is 0 Å². The van der Waals surface area contributed by atoms with Gasteiger partial charge in [0.25, 0.3) is 5.69 Å². The Kier molecular flexibility index (Phi) is 5.23. The molecule has 0 aliphatic heterocycles. The van der Waals surface area contributed by atoms with Crippen molar-refractivity contribution >= 4 is 17.5 Å². The SMILES string of the molecule is Cc1cc(NC(CC(=O)O)CC(C)(C)C)ncc1[N+](=O)[O-]. The maximum atomic E-state index is 10.9. The molecular formula is C14H21N3O4. The lowest BCUT2D eigenvalue weighted by atomic mass is 9.87. The average molecular weight is 295 g/mol. The van der Waals surface area contributed by atoms with Crippen molar-refractivity contribution < 1.29 is 14.8 Å². The first-order chi connectivity index (χ1) is 9.58. The van der Waals surface area contributed by atoms with E-state index in [1.165, 1.54) is 6.20 Å². The second-order valence-corrected chi connectivity index (χ2v) is 6.32. The number of nitrogens with zero attached hydrogens (tertiary/aromatic N) is 2. The molecule has 0 fully saturated rings. The molecule has 1 heterocycles. The first-order valence-electron chi connectivity index (χ1n) is 6.68. The predicted molar refractivity (Wildman–Crippen MR) is 79.4 cm³/mol. The Labute approximate surface area is 123 Å². The van der Waals surface area contributed by atoms with E-state index in [1.54, 1.807) is 13.0 Å². The quantitative estimate of drug-likeness (QED) is 0.617. The van der Waals surface area contributed by atoms with E-state index in [0.717, 1.165) is 0 Å². The normalized spacial score (nSPS) is 12.8. The summed E-state index contributed by atoms with van der Waals surface area (Å²) in [5.74, 6) is -0.441. The predicted octanol–water partition coefficient (Wildman–Crippen LogP) is 2.99. The van der Waals surface area contributed by atoms with Gasteiger partial charge < -0.3 is 10.4 Å². The van der Waals surface area contributed by atoms with Crippen LogP contribution < -0.4 is 5.32 Å². The molecule has 0 radical (unpaired) electrons. The van der Waals surface area contributed by atoms with Crippen molar-refractivity contribution in [1.82, 2.24) is 4.98 Å². The topological polar surface area (TPSA) is 105 Å². The van der Waals surface area contributed by atoms with Crippen molar-refractivity contribution in [3.8, 4) is 0 Å². The molecule has 0 aliphatic rings. The molecule has 7 nitrogen and oxygen atoms in total. The number of pyridine rings is 1. The third-order valence-corrected chi connectivity index (χ3v) is 2.91. The van der Waals surface area contributed by atoms with Crippen LogP contribution >= 0.6 is 0 Å². The lowest BCUT2D eigenvalue weighted by Crippen LogP contribution is -2.28. The van der Waals surface area contributed by atoms with E-state index in [-0.39, 0.29) is 23.6 Å². The van der Waals surface area contributed by atoms with Gasteiger partial charge in [-0.3, -0.25) is 14.9 Å². The standard InChI is InChI=1S/C14H21N3O4/c1-9-5-12(15-8-11(9)17(20)21)16-10(6-13(18)19)7-14(2,3)4/h5,8,10H,6-7H2,1-4H3,(H,15,16)(H,18,19). The Morgan fingerprint density at radius 2 is 2.14 bits per heavy atom. The zero-order chi connectivity index (χ0) is 16.2. The van der Waals surface area contributed by atoms with E-state index >= 15 is 0 Å². The molecule has 1 rings (SSSR count). The molecule has 0 saturated carbocycles. The maximum absolute atomic E-state index is 10.9. The fraction of sp³-hybridized carbons (Fsp3) is 0.571. The third-order valence-electron chi connectivity index (χ3n) is 2.91. The first-order valence-corrected chi connectivity index (χ1v) is 6.68. The van der Waals surface area contributed by atoms with E-state index in [1.807, 2.05) is 20.8 Å². The van der Waals surface area contributed by atoms with E-state index in [0.29, 0.717) is 17.8 Å². The summed E-state index contributed by atoms with van der Waals surface area (Å²) in [5.41, 5.74) is 0.400. The van der Waals surface area contributed by atoms with Crippen LogP contribution in [0.1, 0.15) is 39.2 Å². The summed E-state index contributed by atoms with van der Waals surface area (Å²) in [6, 6.07) is 1.28. The fourth-order valence-corrected chi connectivity index (χ4v) is 2.15. The number of rotatable bonds is 6. The number of nitro groups is 1. The van der Waals surface area contributed by atoms with Gasteiger partial charge in [0, 0.05) is 11.6 Å². The Balaban J connectivity index is 2.90. The summed E-state index contributed by atoms with van der Waals surface area (Å²) in [5, 5.41) is 22.8. The van der Waals surface area contributed by atoms with Crippen LogP contribution in [0.4, 0.5) is 11.5 Å². The smallest absolute Gasteiger partial charge is 0.305 e. The number of aliphatic carboxylic acids is 1. The number of anilines is 1. The summed E-state index contributed by atoms with van der Waals surface area (Å²) in [6.45, 7) is 7.70. The van der Waals surface area contributed by atoms with Gasteiger partial charge in [-0.15, -0.1) is 0 Å². The van der Waals surface area contributed by atoms with Crippen LogP contribution in [0, 0.1) is 22.5 Å². The van der Waals surface area contributed by atoms with Gasteiger partial charge in [-0.05, 0) is 24.8 Å². The van der Waals surface area contributed by atoms with E-state index in [4.69, 9.17) is 5.11 Å². The molecule has 2 N–H and O–H groups in total. The van der Waals surface area contributed by atoms with Gasteiger partial charge in [0.1, 0.15) is 12.0 Å². The Morgan fingerprint density at radius 1 is 1.52 bits per heavy atom. The first kappa shape index (κ1) is 16.9. The number of carboxylic acid groups (broad SMARTS) is 1. The van der Waals surface area contributed by atoms with Crippen LogP contribution in [-0.4, -0.2) is 27.0 Å². The number of nitrogens with one attached hydrogen (secondary N) is 1. The Morgan fingerprint density at radius 3 is 2.57 bits per heavy atom. The summed E-state index contributed by atoms with van der Waals surface area (Å²) in [7, 11) is 0. The molecule has 7 heteroatoms. The summed E-state index contributed by atoms with van der Waals surface area (Å²) in [4.78, 5) is 25.2. The minimum absolute atomic E-state index is 0.0328. The Bertz CT molecular complexity index is 538. The van der Waals surface area contributed by atoms with Crippen molar-refractivity contribution in [1.29, 1.82) is 0 Å². The van der Waals surface area contributed by atoms with Crippen LogP contribution in [0.15, 0.2) is 12.3 Å². The molecule has 0 amide bonds. The van der Waals surface area contributed by atoms with Gasteiger partial charge in [0.2, 0.25) is 0 Å².